The average Bonchev–Trinajstić information content (AvgIpc) is 2.71. The van der Waals surface area contributed by atoms with Gasteiger partial charge in [-0.1, -0.05) is 61.7 Å². The predicted molar refractivity (Wildman–Crippen MR) is 114 cm³/mol. The summed E-state index contributed by atoms with van der Waals surface area (Å²) in [6.45, 7) is 9.81. The summed E-state index contributed by atoms with van der Waals surface area (Å²) in [5, 5.41) is 20.0. The molecule has 158 valence electrons. The van der Waals surface area contributed by atoms with Crippen molar-refractivity contribution in [2.24, 2.45) is 5.73 Å². The third-order valence-corrected chi connectivity index (χ3v) is 3.73. The van der Waals surface area contributed by atoms with Crippen LogP contribution in [0.2, 0.25) is 0 Å². The summed E-state index contributed by atoms with van der Waals surface area (Å²) in [4.78, 5) is 21.6. The number of nitrogens with two attached hydrogens (primary N) is 1. The summed E-state index contributed by atoms with van der Waals surface area (Å²) in [5.41, 5.74) is 8.20. The third kappa shape index (κ3) is 11.3. The van der Waals surface area contributed by atoms with Crippen LogP contribution < -0.4 is 11.1 Å². The van der Waals surface area contributed by atoms with Crippen LogP contribution in [-0.2, 0) is 27.5 Å². The van der Waals surface area contributed by atoms with Gasteiger partial charge in [0.15, 0.2) is 0 Å². The van der Waals surface area contributed by atoms with E-state index in [1.807, 2.05) is 24.3 Å². The number of benzene rings is 1. The molecule has 1 atom stereocenters. The van der Waals surface area contributed by atoms with Gasteiger partial charge in [-0.2, -0.15) is 0 Å². The van der Waals surface area contributed by atoms with Crippen LogP contribution in [0, 0.1) is 0 Å². The molecule has 1 unspecified atom stereocenters. The number of hydrogen-bond acceptors (Lipinski definition) is 5. The highest BCUT2D eigenvalue weighted by Crippen LogP contribution is 2.09. The highest BCUT2D eigenvalue weighted by Gasteiger charge is 2.20. The molecule has 0 radical (unpaired) electrons. The second kappa shape index (κ2) is 14.8. The number of rotatable bonds is 11. The molecule has 5 N–H and O–H groups in total. The van der Waals surface area contributed by atoms with Crippen LogP contribution in [0.25, 0.3) is 0 Å². The van der Waals surface area contributed by atoms with Crippen LogP contribution in [0.3, 0.4) is 0 Å². The highest BCUT2D eigenvalue weighted by atomic mass is 16.5. The molecular formula is C22H30N2O5. The molecule has 7 nitrogen and oxygen atoms in total. The number of methoxy groups -OCH3 is 1. The fraction of sp³-hybridized carbons (Fsp3) is 0.273. The van der Waals surface area contributed by atoms with Crippen LogP contribution >= 0.6 is 0 Å². The maximum absolute atomic E-state index is 11.0. The van der Waals surface area contributed by atoms with Crippen LogP contribution in [0.4, 0.5) is 0 Å². The molecule has 0 spiro atoms. The summed E-state index contributed by atoms with van der Waals surface area (Å²) in [6.07, 6.45) is 6.88. The van der Waals surface area contributed by atoms with E-state index in [1.165, 1.54) is 5.56 Å². The van der Waals surface area contributed by atoms with E-state index in [0.717, 1.165) is 11.1 Å². The van der Waals surface area contributed by atoms with Crippen molar-refractivity contribution < 1.29 is 24.5 Å². The molecule has 1 aromatic carbocycles. The molecule has 0 fully saturated rings. The summed E-state index contributed by atoms with van der Waals surface area (Å²) in [7, 11) is 1.69. The largest absolute Gasteiger partial charge is 0.480 e. The summed E-state index contributed by atoms with van der Waals surface area (Å²) in [6, 6.07) is 7.08. The minimum atomic E-state index is -1.27. The van der Waals surface area contributed by atoms with E-state index in [-0.39, 0.29) is 12.1 Å². The first-order valence-corrected chi connectivity index (χ1v) is 8.91. The Labute approximate surface area is 171 Å². The smallest absolute Gasteiger partial charge is 0.351 e. The quantitative estimate of drug-likeness (QED) is 0.331. The standard InChI is InChI=1S/C13H17NO4.C9H13NO/c1-4-6-7-10(5-2)8-11(13(17)18)14-9(3)12(15)16;1-11-7-9-4-2-8(6-10)3-5-9/h4-7,11,14H,1,3,8H2,2H3,(H,15,16)(H,17,18);2-5H,6-7,10H2,1H3/b7-6-,10-5+;. The van der Waals surface area contributed by atoms with E-state index in [2.05, 4.69) is 18.5 Å². The van der Waals surface area contributed by atoms with Gasteiger partial charge >= 0.3 is 11.9 Å². The number of carbonyl (C=O) groups is 2. The number of carboxylic acid groups (broad SMARTS) is 2. The number of hydrogen-bond donors (Lipinski definition) is 4. The van der Waals surface area contributed by atoms with Gasteiger partial charge in [0.1, 0.15) is 11.7 Å². The van der Waals surface area contributed by atoms with Gasteiger partial charge in [0, 0.05) is 20.1 Å². The Balaban J connectivity index is 0.000000604. The molecule has 29 heavy (non-hydrogen) atoms. The SMILES string of the molecule is C=C/C=C\C(=C/C)CC(NC(=C)C(=O)O)C(=O)O.COCc1ccc(CN)cc1. The molecular weight excluding hydrogens is 372 g/mol. The lowest BCUT2D eigenvalue weighted by Crippen LogP contribution is -2.38. The van der Waals surface area contributed by atoms with Gasteiger partial charge < -0.3 is 26.0 Å². The van der Waals surface area contributed by atoms with Crippen molar-refractivity contribution in [3.05, 3.63) is 84.1 Å². The van der Waals surface area contributed by atoms with Crippen LogP contribution in [0.1, 0.15) is 24.5 Å². The van der Waals surface area contributed by atoms with E-state index in [4.69, 9.17) is 20.7 Å². The Kier molecular flexibility index (Phi) is 13.2. The molecule has 0 bridgehead atoms. The molecule has 0 aliphatic carbocycles. The highest BCUT2D eigenvalue weighted by molar-refractivity contribution is 5.86. The maximum Gasteiger partial charge on any atom is 0.351 e. The summed E-state index contributed by atoms with van der Waals surface area (Å²) in [5.74, 6) is -2.41. The lowest BCUT2D eigenvalue weighted by Gasteiger charge is -2.15. The lowest BCUT2D eigenvalue weighted by molar-refractivity contribution is -0.139. The van der Waals surface area contributed by atoms with Gasteiger partial charge in [-0.05, 0) is 23.6 Å². The second-order valence-corrected chi connectivity index (χ2v) is 5.94. The zero-order chi connectivity index (χ0) is 22.2. The first-order chi connectivity index (χ1) is 13.8. The fourth-order valence-corrected chi connectivity index (χ4v) is 2.12. The first-order valence-electron chi connectivity index (χ1n) is 8.91. The summed E-state index contributed by atoms with van der Waals surface area (Å²) >= 11 is 0. The monoisotopic (exact) mass is 402 g/mol. The molecule has 0 saturated heterocycles. The molecule has 0 heterocycles. The van der Waals surface area contributed by atoms with Gasteiger partial charge in [-0.3, -0.25) is 0 Å². The lowest BCUT2D eigenvalue weighted by atomic mass is 10.1. The fourth-order valence-electron chi connectivity index (χ4n) is 2.12. The normalized spacial score (nSPS) is 11.9. The van der Waals surface area contributed by atoms with Crippen LogP contribution in [0.5, 0.6) is 0 Å². The predicted octanol–water partition coefficient (Wildman–Crippen LogP) is 3.00. The van der Waals surface area contributed by atoms with Gasteiger partial charge in [0.25, 0.3) is 0 Å². The third-order valence-electron chi connectivity index (χ3n) is 3.73. The van der Waals surface area contributed by atoms with Crippen molar-refractivity contribution in [2.75, 3.05) is 7.11 Å². The molecule has 0 saturated carbocycles. The number of nitrogens with one attached hydrogen (secondary N) is 1. The molecule has 1 aromatic rings. The Hall–Kier alpha value is -3.16. The molecule has 0 aliphatic heterocycles. The van der Waals surface area contributed by atoms with E-state index in [9.17, 15) is 9.59 Å². The average molecular weight is 402 g/mol. The Morgan fingerprint density at radius 1 is 1.24 bits per heavy atom. The minimum Gasteiger partial charge on any atom is -0.480 e. The second-order valence-electron chi connectivity index (χ2n) is 5.94. The molecule has 0 aliphatic rings. The molecule has 1 rings (SSSR count). The van der Waals surface area contributed by atoms with Crippen molar-refractivity contribution in [1.82, 2.24) is 5.32 Å². The van der Waals surface area contributed by atoms with Crippen molar-refractivity contribution >= 4 is 11.9 Å². The topological polar surface area (TPSA) is 122 Å². The van der Waals surface area contributed by atoms with Crippen LogP contribution in [0.15, 0.2) is 73.0 Å². The first kappa shape index (κ1) is 25.8. The maximum atomic E-state index is 11.0. The van der Waals surface area contributed by atoms with Crippen molar-refractivity contribution in [3.63, 3.8) is 0 Å². The van der Waals surface area contributed by atoms with Crippen molar-refractivity contribution in [3.8, 4) is 0 Å². The number of allylic oxidation sites excluding steroid dienone is 4. The van der Waals surface area contributed by atoms with Crippen LogP contribution in [-0.4, -0.2) is 35.3 Å². The van der Waals surface area contributed by atoms with Gasteiger partial charge in [-0.25, -0.2) is 9.59 Å². The van der Waals surface area contributed by atoms with Gasteiger partial charge in [-0.15, -0.1) is 0 Å². The summed E-state index contributed by atoms with van der Waals surface area (Å²) < 4.78 is 4.97. The zero-order valence-corrected chi connectivity index (χ0v) is 16.9. The molecule has 0 amide bonds. The Morgan fingerprint density at radius 2 is 1.83 bits per heavy atom. The molecule has 7 heteroatoms. The number of ether oxygens (including phenoxy) is 1. The van der Waals surface area contributed by atoms with E-state index < -0.39 is 18.0 Å². The van der Waals surface area contributed by atoms with Gasteiger partial charge in [0.05, 0.1) is 6.61 Å². The van der Waals surface area contributed by atoms with E-state index >= 15 is 0 Å². The Morgan fingerprint density at radius 3 is 2.24 bits per heavy atom. The van der Waals surface area contributed by atoms with Gasteiger partial charge in [0.2, 0.25) is 0 Å². The number of aliphatic carboxylic acids is 2. The van der Waals surface area contributed by atoms with Crippen molar-refractivity contribution in [1.29, 1.82) is 0 Å². The Bertz CT molecular complexity index is 736. The van der Waals surface area contributed by atoms with E-state index in [1.54, 1.807) is 38.3 Å². The minimum absolute atomic E-state index is 0.155. The zero-order valence-electron chi connectivity index (χ0n) is 16.9. The number of carboxylic acids is 2. The molecule has 0 aromatic heterocycles. The van der Waals surface area contributed by atoms with Crippen molar-refractivity contribution in [2.45, 2.75) is 32.5 Å². The van der Waals surface area contributed by atoms with E-state index in [0.29, 0.717) is 13.2 Å².